The average molecular weight is 157 g/mol. The Kier molecular flexibility index (Phi) is 2.49. The van der Waals surface area contributed by atoms with Gasteiger partial charge < -0.3 is 0 Å². The van der Waals surface area contributed by atoms with Gasteiger partial charge in [0.1, 0.15) is 0 Å². The number of hydrogen-bond donors (Lipinski definition) is 2. The number of rotatable bonds is 2. The minimum Gasteiger partial charge on any atom is -0.289 e. The Labute approximate surface area is 66.7 Å². The van der Waals surface area contributed by atoms with Crippen molar-refractivity contribution in [1.29, 1.82) is 0 Å². The Morgan fingerprint density at radius 3 is 2.45 bits per heavy atom. The number of hydroxylamine groups is 1. The van der Waals surface area contributed by atoms with Crippen LogP contribution in [0.5, 0.6) is 0 Å². The van der Waals surface area contributed by atoms with E-state index >= 15 is 0 Å². The zero-order valence-electron chi connectivity index (χ0n) is 6.89. The minimum absolute atomic E-state index is 0.197. The molecule has 0 bridgehead atoms. The van der Waals surface area contributed by atoms with Crippen molar-refractivity contribution in [2.24, 2.45) is 5.41 Å². The van der Waals surface area contributed by atoms with Crippen molar-refractivity contribution < 1.29 is 10.0 Å². The van der Waals surface area contributed by atoms with Crippen LogP contribution in [0, 0.1) is 5.41 Å². The topological polar surface area (TPSA) is 49.3 Å². The van der Waals surface area contributed by atoms with Gasteiger partial charge in [0.25, 0.3) is 0 Å². The number of amides is 1. The molecule has 0 atom stereocenters. The monoisotopic (exact) mass is 157 g/mol. The van der Waals surface area contributed by atoms with E-state index in [1.54, 1.807) is 5.48 Å². The fraction of sp³-hybridized carbons (Fsp3) is 0.875. The largest absolute Gasteiger partial charge is 0.289 e. The molecule has 1 aliphatic carbocycles. The quantitative estimate of drug-likeness (QED) is 0.471. The summed E-state index contributed by atoms with van der Waals surface area (Å²) in [5, 5.41) is 8.49. The van der Waals surface area contributed by atoms with Gasteiger partial charge in [-0.15, -0.1) is 0 Å². The lowest BCUT2D eigenvalue weighted by molar-refractivity contribution is -0.139. The molecule has 3 nitrogen and oxygen atoms in total. The second kappa shape index (κ2) is 3.22. The maximum Gasteiger partial charge on any atom is 0.249 e. The summed E-state index contributed by atoms with van der Waals surface area (Å²) < 4.78 is 0. The van der Waals surface area contributed by atoms with Crippen LogP contribution in [0.3, 0.4) is 0 Å². The van der Waals surface area contributed by atoms with Crippen LogP contribution in [0.25, 0.3) is 0 Å². The highest BCUT2D eigenvalue weighted by molar-refractivity contribution is 5.81. The molecule has 0 aliphatic heterocycles. The molecule has 3 heteroatoms. The van der Waals surface area contributed by atoms with Crippen LogP contribution in [0.4, 0.5) is 0 Å². The van der Waals surface area contributed by atoms with Crippen LogP contribution in [-0.4, -0.2) is 11.1 Å². The van der Waals surface area contributed by atoms with Gasteiger partial charge >= 0.3 is 0 Å². The van der Waals surface area contributed by atoms with Crippen LogP contribution in [0.15, 0.2) is 0 Å². The van der Waals surface area contributed by atoms with Crippen LogP contribution >= 0.6 is 0 Å². The zero-order chi connectivity index (χ0) is 8.32. The van der Waals surface area contributed by atoms with Crippen molar-refractivity contribution in [3.8, 4) is 0 Å². The molecule has 2 N–H and O–H groups in total. The summed E-state index contributed by atoms with van der Waals surface area (Å²) in [5.74, 6) is -0.197. The fourth-order valence-corrected chi connectivity index (χ4v) is 1.91. The molecule has 1 rings (SSSR count). The van der Waals surface area contributed by atoms with E-state index in [0.717, 1.165) is 32.1 Å². The molecule has 0 heterocycles. The van der Waals surface area contributed by atoms with Crippen molar-refractivity contribution >= 4 is 5.91 Å². The van der Waals surface area contributed by atoms with Gasteiger partial charge in [0.15, 0.2) is 0 Å². The van der Waals surface area contributed by atoms with E-state index in [1.807, 2.05) is 6.92 Å². The van der Waals surface area contributed by atoms with Gasteiger partial charge in [0.2, 0.25) is 5.91 Å². The lowest BCUT2D eigenvalue weighted by Gasteiger charge is -2.23. The molecule has 0 aromatic rings. The third kappa shape index (κ3) is 1.38. The number of carbonyl (C=O) groups is 1. The first-order valence-corrected chi connectivity index (χ1v) is 4.20. The molecule has 0 unspecified atom stereocenters. The van der Waals surface area contributed by atoms with Gasteiger partial charge in [-0.25, -0.2) is 5.48 Å². The van der Waals surface area contributed by atoms with Crippen molar-refractivity contribution in [3.63, 3.8) is 0 Å². The molecule has 0 aromatic heterocycles. The van der Waals surface area contributed by atoms with Crippen LogP contribution in [0.1, 0.15) is 39.0 Å². The third-order valence-electron chi connectivity index (χ3n) is 2.82. The zero-order valence-corrected chi connectivity index (χ0v) is 6.89. The van der Waals surface area contributed by atoms with E-state index < -0.39 is 0 Å². The summed E-state index contributed by atoms with van der Waals surface area (Å²) in [4.78, 5) is 11.2. The normalized spacial score (nSPS) is 21.6. The Bertz CT molecular complexity index is 150. The Hall–Kier alpha value is -0.570. The van der Waals surface area contributed by atoms with E-state index in [4.69, 9.17) is 5.21 Å². The maximum absolute atomic E-state index is 11.2. The highest BCUT2D eigenvalue weighted by Gasteiger charge is 2.38. The smallest absolute Gasteiger partial charge is 0.249 e. The second-order valence-electron chi connectivity index (χ2n) is 3.28. The van der Waals surface area contributed by atoms with Gasteiger partial charge in [-0.2, -0.15) is 0 Å². The van der Waals surface area contributed by atoms with Crippen LogP contribution < -0.4 is 5.48 Å². The highest BCUT2D eigenvalue weighted by atomic mass is 16.5. The fourth-order valence-electron chi connectivity index (χ4n) is 1.91. The molecule has 0 spiro atoms. The molecule has 0 radical (unpaired) electrons. The predicted molar refractivity (Wildman–Crippen MR) is 41.1 cm³/mol. The minimum atomic E-state index is -0.255. The molecule has 0 saturated heterocycles. The summed E-state index contributed by atoms with van der Waals surface area (Å²) in [7, 11) is 0. The van der Waals surface area contributed by atoms with Crippen molar-refractivity contribution in [2.45, 2.75) is 39.0 Å². The summed E-state index contributed by atoms with van der Waals surface area (Å²) in [6, 6.07) is 0. The lowest BCUT2D eigenvalue weighted by atomic mass is 9.83. The Morgan fingerprint density at radius 1 is 1.55 bits per heavy atom. The first-order valence-electron chi connectivity index (χ1n) is 4.20. The van der Waals surface area contributed by atoms with E-state index in [2.05, 4.69) is 0 Å². The van der Waals surface area contributed by atoms with Gasteiger partial charge in [0.05, 0.1) is 5.41 Å². The first-order chi connectivity index (χ1) is 5.25. The average Bonchev–Trinajstić information content (AvgIpc) is 2.52. The summed E-state index contributed by atoms with van der Waals surface area (Å²) in [5.41, 5.74) is 1.50. The second-order valence-corrected chi connectivity index (χ2v) is 3.28. The number of hydrogen-bond acceptors (Lipinski definition) is 2. The van der Waals surface area contributed by atoms with Crippen molar-refractivity contribution in [1.82, 2.24) is 5.48 Å². The third-order valence-corrected chi connectivity index (χ3v) is 2.82. The molecule has 1 fully saturated rings. The summed E-state index contributed by atoms with van der Waals surface area (Å²) in [6.07, 6.45) is 4.91. The standard InChI is InChI=1S/C8H15NO2/c1-2-8(7(10)9-11)5-3-4-6-8/h11H,2-6H2,1H3,(H,9,10). The molecule has 1 amide bonds. The maximum atomic E-state index is 11.2. The van der Waals surface area contributed by atoms with E-state index in [-0.39, 0.29) is 11.3 Å². The van der Waals surface area contributed by atoms with E-state index in [0.29, 0.717) is 0 Å². The summed E-state index contributed by atoms with van der Waals surface area (Å²) >= 11 is 0. The van der Waals surface area contributed by atoms with Crippen LogP contribution in [-0.2, 0) is 4.79 Å². The number of carbonyl (C=O) groups excluding carboxylic acids is 1. The summed E-state index contributed by atoms with van der Waals surface area (Å²) in [6.45, 7) is 2.00. The van der Waals surface area contributed by atoms with Crippen LogP contribution in [0.2, 0.25) is 0 Å². The molecule has 1 aliphatic rings. The van der Waals surface area contributed by atoms with E-state index in [9.17, 15) is 4.79 Å². The molecule has 11 heavy (non-hydrogen) atoms. The highest BCUT2D eigenvalue weighted by Crippen LogP contribution is 2.40. The van der Waals surface area contributed by atoms with Crippen molar-refractivity contribution in [2.75, 3.05) is 0 Å². The molecule has 0 aromatic carbocycles. The predicted octanol–water partition coefficient (Wildman–Crippen LogP) is 1.46. The van der Waals surface area contributed by atoms with Gasteiger partial charge in [-0.1, -0.05) is 19.8 Å². The van der Waals surface area contributed by atoms with E-state index in [1.165, 1.54) is 0 Å². The molecular formula is C8H15NO2. The molecule has 64 valence electrons. The lowest BCUT2D eigenvalue weighted by Crippen LogP contribution is -2.36. The Morgan fingerprint density at radius 2 is 2.09 bits per heavy atom. The van der Waals surface area contributed by atoms with Gasteiger partial charge in [0, 0.05) is 0 Å². The molecule has 1 saturated carbocycles. The first kappa shape index (κ1) is 8.53. The van der Waals surface area contributed by atoms with Crippen molar-refractivity contribution in [3.05, 3.63) is 0 Å². The Balaban J connectivity index is 2.66. The molecular weight excluding hydrogens is 142 g/mol. The van der Waals surface area contributed by atoms with Gasteiger partial charge in [-0.3, -0.25) is 10.0 Å². The number of nitrogens with one attached hydrogen (secondary N) is 1. The van der Waals surface area contributed by atoms with Gasteiger partial charge in [-0.05, 0) is 19.3 Å². The SMILES string of the molecule is CCC1(C(=O)NO)CCCC1.